The van der Waals surface area contributed by atoms with E-state index in [-0.39, 0.29) is 23.9 Å². The lowest BCUT2D eigenvalue weighted by Gasteiger charge is -2.25. The van der Waals surface area contributed by atoms with Crippen LogP contribution in [0.1, 0.15) is 45.2 Å². The minimum atomic E-state index is -3.58. The van der Waals surface area contributed by atoms with Gasteiger partial charge in [-0.05, 0) is 48.4 Å². The number of hydrogen-bond donors (Lipinski definition) is 1. The van der Waals surface area contributed by atoms with Gasteiger partial charge in [0.05, 0.1) is 11.9 Å². The third-order valence-electron chi connectivity index (χ3n) is 4.83. The Balaban J connectivity index is 2.01. The molecule has 1 N–H and O–H groups in total. The molecular formula is C23H32N2O3S. The Hall–Kier alpha value is -2.34. The van der Waals surface area contributed by atoms with Gasteiger partial charge in [0, 0.05) is 6.04 Å². The quantitative estimate of drug-likeness (QED) is 0.710. The van der Waals surface area contributed by atoms with Crippen LogP contribution in [-0.4, -0.2) is 33.2 Å². The van der Waals surface area contributed by atoms with Gasteiger partial charge in [0.15, 0.2) is 0 Å². The Morgan fingerprint density at radius 2 is 1.62 bits per heavy atom. The molecule has 0 unspecified atom stereocenters. The van der Waals surface area contributed by atoms with Gasteiger partial charge in [-0.1, -0.05) is 63.2 Å². The van der Waals surface area contributed by atoms with E-state index >= 15 is 0 Å². The van der Waals surface area contributed by atoms with Crippen molar-refractivity contribution in [3.63, 3.8) is 0 Å². The summed E-state index contributed by atoms with van der Waals surface area (Å²) in [6, 6.07) is 17.4. The number of sulfonamides is 1. The zero-order valence-corrected chi connectivity index (χ0v) is 18.8. The first-order valence-electron chi connectivity index (χ1n) is 9.88. The summed E-state index contributed by atoms with van der Waals surface area (Å²) < 4.78 is 25.7. The molecule has 0 radical (unpaired) electrons. The maximum absolute atomic E-state index is 12.5. The standard InChI is InChI=1S/C23H32N2O3S/c1-18(11-12-19-9-7-6-8-10-19)24-22(26)17-25(29(5,27)28)21-15-13-20(14-16-21)23(2,3)4/h6-10,13-16,18H,11-12,17H2,1-5H3,(H,24,26)/t18-/m0/s1. The molecule has 0 spiro atoms. The van der Waals surface area contributed by atoms with Crippen molar-refractivity contribution >= 4 is 21.6 Å². The highest BCUT2D eigenvalue weighted by Gasteiger charge is 2.22. The van der Waals surface area contributed by atoms with Crippen LogP contribution in [-0.2, 0) is 26.7 Å². The van der Waals surface area contributed by atoms with E-state index < -0.39 is 10.0 Å². The number of anilines is 1. The van der Waals surface area contributed by atoms with Gasteiger partial charge in [-0.15, -0.1) is 0 Å². The minimum absolute atomic E-state index is 0.0278. The van der Waals surface area contributed by atoms with Gasteiger partial charge in [-0.2, -0.15) is 0 Å². The number of aryl methyl sites for hydroxylation is 1. The average molecular weight is 417 g/mol. The SMILES string of the molecule is C[C@@H](CCc1ccccc1)NC(=O)CN(c1ccc(C(C)(C)C)cc1)S(C)(=O)=O. The van der Waals surface area contributed by atoms with Gasteiger partial charge in [-0.3, -0.25) is 9.10 Å². The largest absolute Gasteiger partial charge is 0.352 e. The lowest BCUT2D eigenvalue weighted by atomic mass is 9.87. The Labute approximate surface area is 175 Å². The van der Waals surface area contributed by atoms with Crippen LogP contribution in [0.3, 0.4) is 0 Å². The number of rotatable bonds is 8. The number of amides is 1. The number of benzene rings is 2. The van der Waals surface area contributed by atoms with Crippen LogP contribution >= 0.6 is 0 Å². The summed E-state index contributed by atoms with van der Waals surface area (Å²) in [6.45, 7) is 8.00. The second-order valence-electron chi connectivity index (χ2n) is 8.56. The number of nitrogens with one attached hydrogen (secondary N) is 1. The smallest absolute Gasteiger partial charge is 0.240 e. The van der Waals surface area contributed by atoms with Crippen molar-refractivity contribution in [2.75, 3.05) is 17.1 Å². The van der Waals surface area contributed by atoms with E-state index in [2.05, 4.69) is 38.2 Å². The zero-order valence-electron chi connectivity index (χ0n) is 18.0. The fourth-order valence-electron chi connectivity index (χ4n) is 3.08. The molecule has 29 heavy (non-hydrogen) atoms. The highest BCUT2D eigenvalue weighted by Crippen LogP contribution is 2.25. The van der Waals surface area contributed by atoms with Crippen molar-refractivity contribution in [1.29, 1.82) is 0 Å². The molecule has 5 nitrogen and oxygen atoms in total. The van der Waals surface area contributed by atoms with E-state index in [1.54, 1.807) is 12.1 Å². The minimum Gasteiger partial charge on any atom is -0.352 e. The normalized spacial score (nSPS) is 13.0. The molecule has 0 fully saturated rings. The molecule has 0 aliphatic rings. The predicted octanol–water partition coefficient (Wildman–Crippen LogP) is 3.89. The molecule has 2 aromatic rings. The first kappa shape index (κ1) is 22.9. The monoisotopic (exact) mass is 416 g/mol. The second kappa shape index (κ2) is 9.44. The molecule has 0 saturated heterocycles. The van der Waals surface area contributed by atoms with Gasteiger partial charge >= 0.3 is 0 Å². The molecule has 0 bridgehead atoms. The van der Waals surface area contributed by atoms with Crippen molar-refractivity contribution in [3.05, 3.63) is 65.7 Å². The van der Waals surface area contributed by atoms with Crippen LogP contribution in [0.15, 0.2) is 54.6 Å². The molecule has 2 aromatic carbocycles. The Morgan fingerprint density at radius 1 is 1.03 bits per heavy atom. The molecule has 0 saturated carbocycles. The van der Waals surface area contributed by atoms with E-state index in [4.69, 9.17) is 0 Å². The molecule has 158 valence electrons. The van der Waals surface area contributed by atoms with Gasteiger partial charge in [0.1, 0.15) is 6.54 Å². The van der Waals surface area contributed by atoms with Crippen LogP contribution in [0.2, 0.25) is 0 Å². The van der Waals surface area contributed by atoms with Crippen LogP contribution < -0.4 is 9.62 Å². The summed E-state index contributed by atoms with van der Waals surface area (Å²) >= 11 is 0. The van der Waals surface area contributed by atoms with Gasteiger partial charge in [0.25, 0.3) is 0 Å². The first-order chi connectivity index (χ1) is 13.5. The summed E-state index contributed by atoms with van der Waals surface area (Å²) in [5.74, 6) is -0.309. The van der Waals surface area contributed by atoms with Crippen LogP contribution in [0.4, 0.5) is 5.69 Å². The average Bonchev–Trinajstić information content (AvgIpc) is 2.64. The molecular weight excluding hydrogens is 384 g/mol. The van der Waals surface area contributed by atoms with E-state index in [0.29, 0.717) is 5.69 Å². The van der Waals surface area contributed by atoms with Crippen LogP contribution in [0.5, 0.6) is 0 Å². The van der Waals surface area contributed by atoms with Gasteiger partial charge < -0.3 is 5.32 Å². The van der Waals surface area contributed by atoms with Crippen LogP contribution in [0, 0.1) is 0 Å². The fraction of sp³-hybridized carbons (Fsp3) is 0.435. The molecule has 0 aromatic heterocycles. The van der Waals surface area contributed by atoms with Crippen molar-refractivity contribution in [2.24, 2.45) is 0 Å². The van der Waals surface area contributed by atoms with E-state index in [0.717, 1.165) is 29.0 Å². The molecule has 2 rings (SSSR count). The van der Waals surface area contributed by atoms with Gasteiger partial charge in [0.2, 0.25) is 15.9 Å². The van der Waals surface area contributed by atoms with E-state index in [9.17, 15) is 13.2 Å². The topological polar surface area (TPSA) is 66.5 Å². The second-order valence-corrected chi connectivity index (χ2v) is 10.5. The summed E-state index contributed by atoms with van der Waals surface area (Å²) in [4.78, 5) is 12.5. The zero-order chi connectivity index (χ0) is 21.7. The predicted molar refractivity (Wildman–Crippen MR) is 120 cm³/mol. The highest BCUT2D eigenvalue weighted by atomic mass is 32.2. The Morgan fingerprint density at radius 3 is 2.14 bits per heavy atom. The number of nitrogens with zero attached hydrogens (tertiary/aromatic N) is 1. The maximum Gasteiger partial charge on any atom is 0.240 e. The third kappa shape index (κ3) is 7.20. The number of carbonyl (C=O) groups is 1. The lowest BCUT2D eigenvalue weighted by molar-refractivity contribution is -0.120. The highest BCUT2D eigenvalue weighted by molar-refractivity contribution is 7.92. The number of hydrogen-bond acceptors (Lipinski definition) is 3. The van der Waals surface area contributed by atoms with Crippen molar-refractivity contribution in [2.45, 2.75) is 52.0 Å². The van der Waals surface area contributed by atoms with Crippen LogP contribution in [0.25, 0.3) is 0 Å². The summed E-state index contributed by atoms with van der Waals surface area (Å²) in [5.41, 5.74) is 2.78. The third-order valence-corrected chi connectivity index (χ3v) is 5.97. The van der Waals surface area contributed by atoms with E-state index in [1.807, 2.05) is 37.3 Å². The lowest BCUT2D eigenvalue weighted by Crippen LogP contribution is -2.43. The molecule has 0 aliphatic carbocycles. The molecule has 6 heteroatoms. The Kier molecular flexibility index (Phi) is 7.47. The molecule has 1 atom stereocenters. The number of carbonyl (C=O) groups excluding carboxylic acids is 1. The first-order valence-corrected chi connectivity index (χ1v) is 11.7. The van der Waals surface area contributed by atoms with Crippen molar-refractivity contribution in [1.82, 2.24) is 5.32 Å². The summed E-state index contributed by atoms with van der Waals surface area (Å²) in [7, 11) is -3.58. The Bertz CT molecular complexity index is 901. The van der Waals surface area contributed by atoms with Crippen molar-refractivity contribution < 1.29 is 13.2 Å². The van der Waals surface area contributed by atoms with Gasteiger partial charge in [-0.25, -0.2) is 8.42 Å². The molecule has 1 amide bonds. The van der Waals surface area contributed by atoms with E-state index in [1.165, 1.54) is 5.56 Å². The molecule has 0 aliphatic heterocycles. The summed E-state index contributed by atoms with van der Waals surface area (Å²) in [6.07, 6.45) is 2.76. The fourth-order valence-corrected chi connectivity index (χ4v) is 3.94. The maximum atomic E-state index is 12.5. The summed E-state index contributed by atoms with van der Waals surface area (Å²) in [5, 5.41) is 2.91. The van der Waals surface area contributed by atoms with Crippen molar-refractivity contribution in [3.8, 4) is 0 Å². The molecule has 0 heterocycles.